The molecule has 0 aromatic carbocycles. The van der Waals surface area contributed by atoms with Gasteiger partial charge in [-0.2, -0.15) is 0 Å². The zero-order chi connectivity index (χ0) is 18.2. The number of nitrogens with zero attached hydrogens (tertiary/aromatic N) is 4. The van der Waals surface area contributed by atoms with Crippen molar-refractivity contribution < 1.29 is 4.79 Å². The zero-order valence-electron chi connectivity index (χ0n) is 15.2. The van der Waals surface area contributed by atoms with E-state index in [1.165, 1.54) is 59.7 Å². The summed E-state index contributed by atoms with van der Waals surface area (Å²) >= 11 is 3.24. The van der Waals surface area contributed by atoms with Crippen molar-refractivity contribution in [3.8, 4) is 0 Å². The van der Waals surface area contributed by atoms with E-state index in [4.69, 9.17) is 0 Å². The number of aryl methyl sites for hydroxylation is 2. The Labute approximate surface area is 166 Å². The average molecular weight is 402 g/mol. The number of hydrogen-bond donors (Lipinski definition) is 1. The molecule has 2 aliphatic carbocycles. The van der Waals surface area contributed by atoms with Gasteiger partial charge in [0.25, 0.3) is 0 Å². The van der Waals surface area contributed by atoms with Gasteiger partial charge in [-0.1, -0.05) is 31.0 Å². The van der Waals surface area contributed by atoms with Crippen LogP contribution in [-0.2, 0) is 17.6 Å². The molecule has 1 amide bonds. The quantitative estimate of drug-likeness (QED) is 0.674. The maximum absolute atomic E-state index is 12.3. The Morgan fingerprint density at radius 1 is 1.19 bits per heavy atom. The SMILES string of the molecule is O=C(CSc1nnc2c3c4c(sc3ncn12)CCCC4)NC1CCCCC1. The maximum Gasteiger partial charge on any atom is 0.230 e. The lowest BCUT2D eigenvalue weighted by Gasteiger charge is -2.22. The van der Waals surface area contributed by atoms with E-state index in [9.17, 15) is 4.79 Å². The van der Waals surface area contributed by atoms with Gasteiger partial charge in [0, 0.05) is 10.9 Å². The number of thiophene rings is 1. The maximum atomic E-state index is 12.3. The predicted octanol–water partition coefficient (Wildman–Crippen LogP) is 3.76. The Morgan fingerprint density at radius 3 is 2.93 bits per heavy atom. The van der Waals surface area contributed by atoms with Crippen LogP contribution >= 0.6 is 23.1 Å². The van der Waals surface area contributed by atoms with Crippen molar-refractivity contribution in [1.29, 1.82) is 0 Å². The molecule has 1 fully saturated rings. The highest BCUT2D eigenvalue weighted by Crippen LogP contribution is 2.37. The van der Waals surface area contributed by atoms with Crippen LogP contribution in [0, 0.1) is 0 Å². The summed E-state index contributed by atoms with van der Waals surface area (Å²) in [6, 6.07) is 0.348. The number of amides is 1. The van der Waals surface area contributed by atoms with Crippen LogP contribution in [0.25, 0.3) is 15.9 Å². The summed E-state index contributed by atoms with van der Waals surface area (Å²) in [7, 11) is 0. The second-order valence-electron chi connectivity index (χ2n) is 7.50. The van der Waals surface area contributed by atoms with Crippen molar-refractivity contribution in [3.63, 3.8) is 0 Å². The Kier molecular flexibility index (Phi) is 4.77. The lowest BCUT2D eigenvalue weighted by molar-refractivity contribution is -0.119. The van der Waals surface area contributed by atoms with Gasteiger partial charge in [-0.05, 0) is 44.1 Å². The fraction of sp³-hybridized carbons (Fsp3) is 0.579. The number of carbonyl (C=O) groups excluding carboxylic acids is 1. The molecule has 8 heteroatoms. The minimum atomic E-state index is 0.0885. The summed E-state index contributed by atoms with van der Waals surface area (Å²) in [5, 5.41) is 13.9. The Bertz CT molecular complexity index is 989. The first-order valence-electron chi connectivity index (χ1n) is 9.86. The molecule has 3 aromatic rings. The third-order valence-electron chi connectivity index (χ3n) is 5.63. The molecule has 0 radical (unpaired) electrons. The largest absolute Gasteiger partial charge is 0.353 e. The van der Waals surface area contributed by atoms with Crippen molar-refractivity contribution in [2.45, 2.75) is 69.0 Å². The average Bonchev–Trinajstić information content (AvgIpc) is 3.27. The highest BCUT2D eigenvalue weighted by molar-refractivity contribution is 7.99. The first kappa shape index (κ1) is 17.4. The molecule has 27 heavy (non-hydrogen) atoms. The highest BCUT2D eigenvalue weighted by Gasteiger charge is 2.22. The standard InChI is InChI=1S/C19H23N5OS2/c25-15(21-12-6-2-1-3-7-12)10-26-19-23-22-17-16-13-8-4-5-9-14(13)27-18(16)20-11-24(17)19/h11-12H,1-10H2,(H,21,25). The fourth-order valence-corrected chi connectivity index (χ4v) is 6.22. The van der Waals surface area contributed by atoms with Crippen LogP contribution < -0.4 is 5.32 Å². The van der Waals surface area contributed by atoms with Crippen LogP contribution in [0.4, 0.5) is 0 Å². The van der Waals surface area contributed by atoms with Crippen molar-refractivity contribution in [1.82, 2.24) is 24.9 Å². The molecule has 3 aromatic heterocycles. The fourth-order valence-electron chi connectivity index (χ4n) is 4.28. The van der Waals surface area contributed by atoms with Gasteiger partial charge in [0.1, 0.15) is 11.2 Å². The van der Waals surface area contributed by atoms with Crippen LogP contribution in [0.2, 0.25) is 0 Å². The Morgan fingerprint density at radius 2 is 2.04 bits per heavy atom. The van der Waals surface area contributed by atoms with Gasteiger partial charge in [0.2, 0.25) is 5.91 Å². The number of rotatable bonds is 4. The third kappa shape index (κ3) is 3.33. The van der Waals surface area contributed by atoms with E-state index < -0.39 is 0 Å². The summed E-state index contributed by atoms with van der Waals surface area (Å²) in [5.41, 5.74) is 2.30. The molecule has 2 aliphatic rings. The van der Waals surface area contributed by atoms with Crippen LogP contribution in [-0.4, -0.2) is 37.3 Å². The first-order chi connectivity index (χ1) is 13.3. The molecule has 5 rings (SSSR count). The minimum Gasteiger partial charge on any atom is -0.353 e. The van der Waals surface area contributed by atoms with Crippen molar-refractivity contribution in [3.05, 3.63) is 16.8 Å². The molecular formula is C19H23N5OS2. The molecule has 0 bridgehead atoms. The summed E-state index contributed by atoms with van der Waals surface area (Å²) in [6.45, 7) is 0. The summed E-state index contributed by atoms with van der Waals surface area (Å²) in [6.07, 6.45) is 12.5. The topological polar surface area (TPSA) is 72.2 Å². The molecule has 0 unspecified atom stereocenters. The molecular weight excluding hydrogens is 378 g/mol. The van der Waals surface area contributed by atoms with E-state index in [1.807, 2.05) is 4.40 Å². The van der Waals surface area contributed by atoms with Crippen molar-refractivity contribution in [2.75, 3.05) is 5.75 Å². The molecule has 0 spiro atoms. The van der Waals surface area contributed by atoms with Gasteiger partial charge in [0.05, 0.1) is 11.1 Å². The van der Waals surface area contributed by atoms with Gasteiger partial charge in [-0.15, -0.1) is 21.5 Å². The van der Waals surface area contributed by atoms with E-state index in [0.717, 1.165) is 41.3 Å². The van der Waals surface area contributed by atoms with E-state index in [2.05, 4.69) is 20.5 Å². The molecule has 0 saturated heterocycles. The van der Waals surface area contributed by atoms with E-state index >= 15 is 0 Å². The minimum absolute atomic E-state index is 0.0885. The van der Waals surface area contributed by atoms with Gasteiger partial charge < -0.3 is 5.32 Å². The van der Waals surface area contributed by atoms with E-state index in [1.54, 1.807) is 17.7 Å². The van der Waals surface area contributed by atoms with Crippen molar-refractivity contribution in [2.24, 2.45) is 0 Å². The monoisotopic (exact) mass is 401 g/mol. The third-order valence-corrected chi connectivity index (χ3v) is 7.78. The van der Waals surface area contributed by atoms with Crippen molar-refractivity contribution >= 4 is 44.9 Å². The van der Waals surface area contributed by atoms with Crippen LogP contribution in [0.3, 0.4) is 0 Å². The molecule has 3 heterocycles. The molecule has 142 valence electrons. The Hall–Kier alpha value is -1.67. The van der Waals surface area contributed by atoms with Gasteiger partial charge in [-0.25, -0.2) is 4.98 Å². The van der Waals surface area contributed by atoms with Gasteiger partial charge in [-0.3, -0.25) is 9.20 Å². The number of aromatic nitrogens is 4. The predicted molar refractivity (Wildman–Crippen MR) is 109 cm³/mol. The van der Waals surface area contributed by atoms with Crippen LogP contribution in [0.5, 0.6) is 0 Å². The van der Waals surface area contributed by atoms with E-state index in [0.29, 0.717) is 11.8 Å². The second-order valence-corrected chi connectivity index (χ2v) is 9.53. The lowest BCUT2D eigenvalue weighted by atomic mass is 9.95. The Balaban J connectivity index is 1.35. The summed E-state index contributed by atoms with van der Waals surface area (Å²) < 4.78 is 1.95. The molecule has 0 aliphatic heterocycles. The lowest BCUT2D eigenvalue weighted by Crippen LogP contribution is -2.37. The number of thioether (sulfide) groups is 1. The summed E-state index contributed by atoms with van der Waals surface area (Å²) in [4.78, 5) is 19.5. The number of carbonyl (C=O) groups is 1. The number of hydrogen-bond acceptors (Lipinski definition) is 6. The van der Waals surface area contributed by atoms with Gasteiger partial charge in [0.15, 0.2) is 10.8 Å². The zero-order valence-corrected chi connectivity index (χ0v) is 16.9. The number of fused-ring (bicyclic) bond motifs is 5. The molecule has 1 N–H and O–H groups in total. The normalized spacial score (nSPS) is 18.1. The van der Waals surface area contributed by atoms with Gasteiger partial charge >= 0.3 is 0 Å². The molecule has 0 atom stereocenters. The molecule has 1 saturated carbocycles. The summed E-state index contributed by atoms with van der Waals surface area (Å²) in [5.74, 6) is 0.461. The first-order valence-corrected chi connectivity index (χ1v) is 11.7. The molecule has 6 nitrogen and oxygen atoms in total. The van der Waals surface area contributed by atoms with E-state index in [-0.39, 0.29) is 5.91 Å². The second kappa shape index (κ2) is 7.39. The highest BCUT2D eigenvalue weighted by atomic mass is 32.2. The smallest absolute Gasteiger partial charge is 0.230 e. The van der Waals surface area contributed by atoms with Crippen LogP contribution in [0.1, 0.15) is 55.4 Å². The number of nitrogens with one attached hydrogen (secondary N) is 1. The van der Waals surface area contributed by atoms with Crippen LogP contribution in [0.15, 0.2) is 11.5 Å².